The number of aromatic amines is 1. The third-order valence-electron chi connectivity index (χ3n) is 2.58. The summed E-state index contributed by atoms with van der Waals surface area (Å²) in [6.07, 6.45) is 1.76. The molecule has 0 aliphatic heterocycles. The second-order valence-corrected chi connectivity index (χ2v) is 5.18. The van der Waals surface area contributed by atoms with Gasteiger partial charge in [0.25, 0.3) is 5.91 Å². The molecule has 1 amide bonds. The van der Waals surface area contributed by atoms with Crippen molar-refractivity contribution in [2.75, 3.05) is 5.32 Å². The Hall–Kier alpha value is -2.68. The molecule has 21 heavy (non-hydrogen) atoms. The number of nitrogens with one attached hydrogen (secondary N) is 2. The quantitative estimate of drug-likeness (QED) is 0.763. The summed E-state index contributed by atoms with van der Waals surface area (Å²) in [5.41, 5.74) is 0.956. The van der Waals surface area contributed by atoms with E-state index >= 15 is 0 Å². The van der Waals surface area contributed by atoms with Crippen LogP contribution in [-0.4, -0.2) is 31.5 Å². The summed E-state index contributed by atoms with van der Waals surface area (Å²) in [7, 11) is 0. The van der Waals surface area contributed by atoms with Crippen LogP contribution in [0.2, 0.25) is 0 Å². The predicted octanol–water partition coefficient (Wildman–Crippen LogP) is 1.64. The number of nitrogens with zero attached hydrogens (tertiary/aromatic N) is 4. The largest absolute Gasteiger partial charge is 0.295 e. The Labute approximate surface area is 122 Å². The van der Waals surface area contributed by atoms with Gasteiger partial charge in [0.15, 0.2) is 5.69 Å². The minimum atomic E-state index is -0.419. The highest BCUT2D eigenvalue weighted by molar-refractivity contribution is 7.15. The summed E-state index contributed by atoms with van der Waals surface area (Å²) in [5.74, 6) is -0.714. The average molecular weight is 304 g/mol. The maximum Gasteiger partial charge on any atom is 0.279 e. The Kier molecular flexibility index (Phi) is 3.65. The summed E-state index contributed by atoms with van der Waals surface area (Å²) in [6.45, 7) is 0. The number of halogens is 1. The highest BCUT2D eigenvalue weighted by Crippen LogP contribution is 2.19. The van der Waals surface area contributed by atoms with Gasteiger partial charge in [-0.25, -0.2) is 4.39 Å². The van der Waals surface area contributed by atoms with Gasteiger partial charge in [0.2, 0.25) is 5.13 Å². The van der Waals surface area contributed by atoms with E-state index in [0.717, 1.165) is 5.56 Å². The van der Waals surface area contributed by atoms with Crippen LogP contribution in [0.4, 0.5) is 9.52 Å². The molecule has 0 radical (unpaired) electrons. The molecule has 0 saturated carbocycles. The van der Waals surface area contributed by atoms with Crippen LogP contribution in [0.15, 0.2) is 30.5 Å². The summed E-state index contributed by atoms with van der Waals surface area (Å²) in [5, 5.41) is 21.0. The Balaban J connectivity index is 1.68. The van der Waals surface area contributed by atoms with Gasteiger partial charge in [-0.2, -0.15) is 15.4 Å². The number of benzene rings is 1. The fourth-order valence-electron chi connectivity index (χ4n) is 1.67. The van der Waals surface area contributed by atoms with Gasteiger partial charge in [-0.1, -0.05) is 23.5 Å². The van der Waals surface area contributed by atoms with Gasteiger partial charge in [0, 0.05) is 6.42 Å². The van der Waals surface area contributed by atoms with Crippen molar-refractivity contribution in [3.63, 3.8) is 0 Å². The standard InChI is InChI=1S/C12H9FN6OS/c13-8-3-1-2-7(4-8)5-10-17-18-12(21-10)15-11(20)9-6-14-19-16-9/h1-4,6H,5H2,(H,14,16,19)(H,15,18,20). The molecule has 1 aromatic carbocycles. The Morgan fingerprint density at radius 3 is 3.05 bits per heavy atom. The van der Waals surface area contributed by atoms with Gasteiger partial charge in [-0.3, -0.25) is 10.1 Å². The van der Waals surface area contributed by atoms with E-state index in [0.29, 0.717) is 16.6 Å². The zero-order valence-corrected chi connectivity index (χ0v) is 11.4. The molecular weight excluding hydrogens is 295 g/mol. The highest BCUT2D eigenvalue weighted by Gasteiger charge is 2.12. The zero-order chi connectivity index (χ0) is 14.7. The lowest BCUT2D eigenvalue weighted by Gasteiger charge is -1.97. The lowest BCUT2D eigenvalue weighted by atomic mass is 10.1. The molecule has 3 aromatic rings. The first-order valence-corrected chi connectivity index (χ1v) is 6.76. The topological polar surface area (TPSA) is 96.5 Å². The molecule has 0 saturated heterocycles. The van der Waals surface area contributed by atoms with Crippen molar-refractivity contribution in [2.45, 2.75) is 6.42 Å². The Morgan fingerprint density at radius 1 is 1.38 bits per heavy atom. The SMILES string of the molecule is O=C(Nc1nnc(Cc2cccc(F)c2)s1)c1cn[nH]n1. The first kappa shape index (κ1) is 13.3. The van der Waals surface area contributed by atoms with Gasteiger partial charge >= 0.3 is 0 Å². The minimum absolute atomic E-state index is 0.164. The molecule has 0 spiro atoms. The fraction of sp³-hybridized carbons (Fsp3) is 0.0833. The molecule has 0 unspecified atom stereocenters. The van der Waals surface area contributed by atoms with E-state index < -0.39 is 5.91 Å². The summed E-state index contributed by atoms with van der Waals surface area (Å²) < 4.78 is 13.1. The van der Waals surface area contributed by atoms with E-state index in [9.17, 15) is 9.18 Å². The van der Waals surface area contributed by atoms with Crippen LogP contribution in [0.5, 0.6) is 0 Å². The molecule has 9 heteroatoms. The monoisotopic (exact) mass is 304 g/mol. The second-order valence-electron chi connectivity index (χ2n) is 4.12. The molecule has 0 atom stereocenters. The molecule has 2 heterocycles. The lowest BCUT2D eigenvalue weighted by molar-refractivity contribution is 0.102. The van der Waals surface area contributed by atoms with Crippen molar-refractivity contribution < 1.29 is 9.18 Å². The number of H-pyrrole nitrogens is 1. The number of anilines is 1. The van der Waals surface area contributed by atoms with Gasteiger partial charge in [-0.05, 0) is 17.7 Å². The van der Waals surface area contributed by atoms with E-state index in [2.05, 4.69) is 30.9 Å². The van der Waals surface area contributed by atoms with Crippen LogP contribution >= 0.6 is 11.3 Å². The van der Waals surface area contributed by atoms with Crippen molar-refractivity contribution >= 4 is 22.4 Å². The normalized spacial score (nSPS) is 10.5. The van der Waals surface area contributed by atoms with Crippen LogP contribution < -0.4 is 5.32 Å². The molecule has 0 fully saturated rings. The molecule has 3 rings (SSSR count). The van der Waals surface area contributed by atoms with Crippen molar-refractivity contribution in [1.29, 1.82) is 0 Å². The van der Waals surface area contributed by atoms with Gasteiger partial charge < -0.3 is 0 Å². The van der Waals surface area contributed by atoms with Crippen LogP contribution in [-0.2, 0) is 6.42 Å². The fourth-order valence-corrected chi connectivity index (χ4v) is 2.44. The third kappa shape index (κ3) is 3.26. The number of amides is 1. The Morgan fingerprint density at radius 2 is 2.29 bits per heavy atom. The number of hydrogen-bond donors (Lipinski definition) is 2. The van der Waals surface area contributed by atoms with Crippen LogP contribution in [0, 0.1) is 5.82 Å². The number of rotatable bonds is 4. The highest BCUT2D eigenvalue weighted by atomic mass is 32.1. The number of aromatic nitrogens is 5. The van der Waals surface area contributed by atoms with E-state index in [1.54, 1.807) is 12.1 Å². The zero-order valence-electron chi connectivity index (χ0n) is 10.6. The van der Waals surface area contributed by atoms with Crippen molar-refractivity contribution in [3.05, 3.63) is 52.5 Å². The van der Waals surface area contributed by atoms with Crippen LogP contribution in [0.3, 0.4) is 0 Å². The van der Waals surface area contributed by atoms with E-state index in [-0.39, 0.29) is 11.5 Å². The molecule has 0 aliphatic rings. The van der Waals surface area contributed by atoms with Crippen LogP contribution in [0.1, 0.15) is 21.1 Å². The third-order valence-corrected chi connectivity index (χ3v) is 3.42. The first-order chi connectivity index (χ1) is 10.2. The molecule has 2 aromatic heterocycles. The summed E-state index contributed by atoms with van der Waals surface area (Å²) in [4.78, 5) is 11.7. The van der Waals surface area contributed by atoms with Crippen molar-refractivity contribution in [2.24, 2.45) is 0 Å². The molecule has 0 bridgehead atoms. The van der Waals surface area contributed by atoms with Gasteiger partial charge in [0.05, 0.1) is 6.20 Å². The van der Waals surface area contributed by atoms with Gasteiger partial charge in [-0.15, -0.1) is 10.2 Å². The second kappa shape index (κ2) is 5.75. The summed E-state index contributed by atoms with van der Waals surface area (Å²) in [6, 6.07) is 6.26. The molecular formula is C12H9FN6OS. The first-order valence-electron chi connectivity index (χ1n) is 5.94. The van der Waals surface area contributed by atoms with Gasteiger partial charge in [0.1, 0.15) is 10.8 Å². The predicted molar refractivity (Wildman–Crippen MR) is 73.5 cm³/mol. The molecule has 2 N–H and O–H groups in total. The number of carbonyl (C=O) groups is 1. The van der Waals surface area contributed by atoms with Crippen molar-refractivity contribution in [1.82, 2.24) is 25.6 Å². The summed E-state index contributed by atoms with van der Waals surface area (Å²) >= 11 is 1.22. The van der Waals surface area contributed by atoms with E-state index in [1.165, 1.54) is 29.7 Å². The van der Waals surface area contributed by atoms with E-state index in [4.69, 9.17) is 0 Å². The molecule has 7 nitrogen and oxygen atoms in total. The Bertz CT molecular complexity index is 757. The maximum absolute atomic E-state index is 13.1. The smallest absolute Gasteiger partial charge is 0.279 e. The van der Waals surface area contributed by atoms with E-state index in [1.807, 2.05) is 0 Å². The van der Waals surface area contributed by atoms with Crippen LogP contribution in [0.25, 0.3) is 0 Å². The minimum Gasteiger partial charge on any atom is -0.295 e. The number of carbonyl (C=O) groups excluding carboxylic acids is 1. The lowest BCUT2D eigenvalue weighted by Crippen LogP contribution is -2.12. The average Bonchev–Trinajstić information content (AvgIpc) is 3.10. The number of hydrogen-bond acceptors (Lipinski definition) is 6. The molecule has 106 valence electrons. The maximum atomic E-state index is 13.1. The van der Waals surface area contributed by atoms with Crippen molar-refractivity contribution in [3.8, 4) is 0 Å². The molecule has 0 aliphatic carbocycles.